The van der Waals surface area contributed by atoms with Crippen LogP contribution in [0.3, 0.4) is 0 Å². The number of halogens is 1. The fraction of sp³-hybridized carbons (Fsp3) is 0.125. The van der Waals surface area contributed by atoms with E-state index < -0.39 is 5.60 Å². The first kappa shape index (κ1) is 12.3. The van der Waals surface area contributed by atoms with E-state index in [2.05, 4.69) is 5.92 Å². The third-order valence-corrected chi connectivity index (χ3v) is 2.91. The van der Waals surface area contributed by atoms with Crippen LogP contribution in [0.25, 0.3) is 11.1 Å². The monoisotopic (exact) mass is 240 g/mol. The molecule has 0 heterocycles. The molecule has 2 aromatic rings. The van der Waals surface area contributed by atoms with Crippen LogP contribution < -0.4 is 0 Å². The van der Waals surface area contributed by atoms with Crippen LogP contribution in [-0.2, 0) is 5.60 Å². The maximum Gasteiger partial charge on any atom is 0.147 e. The number of aliphatic hydroxyl groups is 1. The molecular formula is C16H13FO. The smallest absolute Gasteiger partial charge is 0.147 e. The molecule has 0 aliphatic rings. The number of hydrogen-bond donors (Lipinski definition) is 1. The predicted octanol–water partition coefficient (Wildman–Crippen LogP) is 3.33. The van der Waals surface area contributed by atoms with Crippen molar-refractivity contribution in [3.05, 3.63) is 59.9 Å². The van der Waals surface area contributed by atoms with Crippen LogP contribution in [0.15, 0.2) is 48.5 Å². The van der Waals surface area contributed by atoms with Crippen molar-refractivity contribution in [1.29, 1.82) is 0 Å². The van der Waals surface area contributed by atoms with Gasteiger partial charge in [0.1, 0.15) is 11.4 Å². The van der Waals surface area contributed by atoms with Gasteiger partial charge in [-0.3, -0.25) is 0 Å². The zero-order valence-corrected chi connectivity index (χ0v) is 10.0. The van der Waals surface area contributed by atoms with Crippen molar-refractivity contribution in [3.8, 4) is 23.5 Å². The van der Waals surface area contributed by atoms with Gasteiger partial charge in [0, 0.05) is 0 Å². The summed E-state index contributed by atoms with van der Waals surface area (Å²) in [5, 5.41) is 9.91. The van der Waals surface area contributed by atoms with Crippen molar-refractivity contribution in [3.63, 3.8) is 0 Å². The van der Waals surface area contributed by atoms with Gasteiger partial charge in [0.15, 0.2) is 0 Å². The lowest BCUT2D eigenvalue weighted by atomic mass is 9.94. The molecule has 1 nitrogen and oxygen atoms in total. The van der Waals surface area contributed by atoms with Gasteiger partial charge in [0.25, 0.3) is 0 Å². The topological polar surface area (TPSA) is 20.2 Å². The fourth-order valence-corrected chi connectivity index (χ4v) is 1.71. The predicted molar refractivity (Wildman–Crippen MR) is 70.2 cm³/mol. The summed E-state index contributed by atoms with van der Waals surface area (Å²) in [5.41, 5.74) is 1.27. The van der Waals surface area contributed by atoms with Crippen molar-refractivity contribution in [2.24, 2.45) is 0 Å². The Balaban J connectivity index is 2.34. The minimum atomic E-state index is -1.26. The van der Waals surface area contributed by atoms with E-state index in [1.807, 2.05) is 12.1 Å². The fourth-order valence-electron chi connectivity index (χ4n) is 1.71. The first-order valence-electron chi connectivity index (χ1n) is 5.59. The van der Waals surface area contributed by atoms with Crippen molar-refractivity contribution in [2.75, 3.05) is 0 Å². The Bertz CT molecular complexity index is 574. The molecule has 1 unspecified atom stereocenters. The maximum absolute atomic E-state index is 12.8. The van der Waals surface area contributed by atoms with Gasteiger partial charge < -0.3 is 5.11 Å². The average Bonchev–Trinajstić information content (AvgIpc) is 2.40. The van der Waals surface area contributed by atoms with Gasteiger partial charge in [0.05, 0.1) is 0 Å². The molecule has 1 N–H and O–H groups in total. The molecule has 0 fully saturated rings. The highest BCUT2D eigenvalue weighted by Gasteiger charge is 2.18. The summed E-state index contributed by atoms with van der Waals surface area (Å²) in [6.07, 6.45) is 5.26. The Hall–Kier alpha value is -2.11. The number of benzene rings is 2. The molecule has 2 aromatic carbocycles. The standard InChI is InChI=1S/C16H13FO/c1-3-16(2,18)14-8-4-12(5-9-14)13-6-10-15(17)11-7-13/h1,4-11,18H,2H3. The summed E-state index contributed by atoms with van der Waals surface area (Å²) in [4.78, 5) is 0. The highest BCUT2D eigenvalue weighted by molar-refractivity contribution is 5.63. The lowest BCUT2D eigenvalue weighted by molar-refractivity contribution is 0.122. The van der Waals surface area contributed by atoms with Crippen molar-refractivity contribution >= 4 is 0 Å². The molecular weight excluding hydrogens is 227 g/mol. The summed E-state index contributed by atoms with van der Waals surface area (Å²) in [6, 6.07) is 13.5. The van der Waals surface area contributed by atoms with E-state index >= 15 is 0 Å². The molecule has 0 bridgehead atoms. The van der Waals surface area contributed by atoms with Crippen LogP contribution in [0.1, 0.15) is 12.5 Å². The minimum Gasteiger partial charge on any atom is -0.374 e. The molecule has 0 amide bonds. The summed E-state index contributed by atoms with van der Waals surface area (Å²) < 4.78 is 12.8. The SMILES string of the molecule is C#CC(C)(O)c1ccc(-c2ccc(F)cc2)cc1. The Kier molecular flexibility index (Phi) is 3.18. The van der Waals surface area contributed by atoms with Crippen molar-refractivity contribution in [2.45, 2.75) is 12.5 Å². The second-order valence-electron chi connectivity index (χ2n) is 4.30. The van der Waals surface area contributed by atoms with Gasteiger partial charge in [-0.15, -0.1) is 6.42 Å². The van der Waals surface area contributed by atoms with Crippen LogP contribution >= 0.6 is 0 Å². The quantitative estimate of drug-likeness (QED) is 0.798. The van der Waals surface area contributed by atoms with Gasteiger partial charge >= 0.3 is 0 Å². The summed E-state index contributed by atoms with van der Waals surface area (Å²) in [5.74, 6) is 2.07. The Morgan fingerprint density at radius 1 is 1.00 bits per heavy atom. The first-order chi connectivity index (χ1) is 8.53. The zero-order valence-electron chi connectivity index (χ0n) is 10.0. The van der Waals surface area contributed by atoms with Crippen LogP contribution in [0.2, 0.25) is 0 Å². The molecule has 0 radical (unpaired) electrons. The van der Waals surface area contributed by atoms with E-state index in [0.29, 0.717) is 5.56 Å². The lowest BCUT2D eigenvalue weighted by Gasteiger charge is -2.16. The Morgan fingerprint density at radius 3 is 1.89 bits per heavy atom. The second-order valence-corrected chi connectivity index (χ2v) is 4.30. The van der Waals surface area contributed by atoms with Crippen LogP contribution in [0.4, 0.5) is 4.39 Å². The molecule has 90 valence electrons. The largest absolute Gasteiger partial charge is 0.374 e. The summed E-state index contributed by atoms with van der Waals surface area (Å²) >= 11 is 0. The van der Waals surface area contributed by atoms with E-state index in [1.54, 1.807) is 31.2 Å². The third-order valence-electron chi connectivity index (χ3n) is 2.91. The third kappa shape index (κ3) is 2.42. The van der Waals surface area contributed by atoms with Gasteiger partial charge in [-0.2, -0.15) is 0 Å². The van der Waals surface area contributed by atoms with Crippen molar-refractivity contribution < 1.29 is 9.50 Å². The molecule has 0 spiro atoms. The van der Waals surface area contributed by atoms with E-state index in [-0.39, 0.29) is 5.82 Å². The average molecular weight is 240 g/mol. The molecule has 0 saturated heterocycles. The minimum absolute atomic E-state index is 0.259. The molecule has 18 heavy (non-hydrogen) atoms. The van der Waals surface area contributed by atoms with E-state index in [9.17, 15) is 9.50 Å². The van der Waals surface area contributed by atoms with E-state index in [0.717, 1.165) is 11.1 Å². The maximum atomic E-state index is 12.8. The summed E-state index contributed by atoms with van der Waals surface area (Å²) in [7, 11) is 0. The van der Waals surface area contributed by atoms with Gasteiger partial charge in [0.2, 0.25) is 0 Å². The van der Waals surface area contributed by atoms with Gasteiger partial charge in [-0.05, 0) is 35.7 Å². The molecule has 2 rings (SSSR count). The number of rotatable bonds is 2. The Labute approximate surface area is 106 Å². The van der Waals surface area contributed by atoms with E-state index in [4.69, 9.17) is 6.42 Å². The molecule has 0 aliphatic heterocycles. The van der Waals surface area contributed by atoms with Crippen molar-refractivity contribution in [1.82, 2.24) is 0 Å². The molecule has 0 aliphatic carbocycles. The van der Waals surface area contributed by atoms with E-state index in [1.165, 1.54) is 12.1 Å². The highest BCUT2D eigenvalue weighted by Crippen LogP contribution is 2.24. The molecule has 0 saturated carbocycles. The summed E-state index contributed by atoms with van der Waals surface area (Å²) in [6.45, 7) is 1.57. The van der Waals surface area contributed by atoms with Crippen LogP contribution in [-0.4, -0.2) is 5.11 Å². The molecule has 2 heteroatoms. The van der Waals surface area contributed by atoms with Gasteiger partial charge in [-0.1, -0.05) is 42.3 Å². The van der Waals surface area contributed by atoms with Crippen LogP contribution in [0, 0.1) is 18.2 Å². The molecule has 0 aromatic heterocycles. The highest BCUT2D eigenvalue weighted by atomic mass is 19.1. The Morgan fingerprint density at radius 2 is 1.44 bits per heavy atom. The first-order valence-corrected chi connectivity index (χ1v) is 5.59. The van der Waals surface area contributed by atoms with Crippen LogP contribution in [0.5, 0.6) is 0 Å². The second kappa shape index (κ2) is 4.64. The molecule has 1 atom stereocenters. The number of hydrogen-bond acceptors (Lipinski definition) is 1. The van der Waals surface area contributed by atoms with Gasteiger partial charge in [-0.25, -0.2) is 4.39 Å². The number of terminal acetylenes is 1. The zero-order chi connectivity index (χ0) is 13.2. The normalized spacial score (nSPS) is 13.7. The lowest BCUT2D eigenvalue weighted by Crippen LogP contribution is -2.17.